The zero-order chi connectivity index (χ0) is 7.61. The van der Waals surface area contributed by atoms with Crippen LogP contribution in [0.5, 0.6) is 0 Å². The van der Waals surface area contributed by atoms with Gasteiger partial charge in [-0.3, -0.25) is 4.79 Å². The van der Waals surface area contributed by atoms with E-state index in [1.54, 1.807) is 0 Å². The van der Waals surface area contributed by atoms with E-state index in [0.29, 0.717) is 12.8 Å². The molecule has 0 saturated heterocycles. The fourth-order valence-electron chi connectivity index (χ4n) is 0.774. The van der Waals surface area contributed by atoms with Crippen molar-refractivity contribution in [2.45, 2.75) is 12.8 Å². The normalized spacial score (nSPS) is 19.2. The topological polar surface area (TPSA) is 66.7 Å². The average Bonchev–Trinajstić information content (AvgIpc) is 2.64. The lowest BCUT2D eigenvalue weighted by molar-refractivity contribution is -0.142. The third-order valence-electron chi connectivity index (χ3n) is 1.75. The zero-order valence-corrected chi connectivity index (χ0v) is 5.33. The summed E-state index contributed by atoms with van der Waals surface area (Å²) in [6.45, 7) is 0.0891. The molecule has 54 valence electrons. The molecule has 0 aliphatic heterocycles. The molecule has 4 nitrogen and oxygen atoms in total. The molecule has 10 heavy (non-hydrogen) atoms. The largest absolute Gasteiger partial charge is 0.481 e. The number of hydrogen-bond donors (Lipinski definition) is 1. The Morgan fingerprint density at radius 2 is 2.30 bits per heavy atom. The van der Waals surface area contributed by atoms with Crippen LogP contribution in [0.25, 0.3) is 0 Å². The number of nitrogens with zero attached hydrogens (tertiary/aromatic N) is 1. The van der Waals surface area contributed by atoms with Crippen LogP contribution in [0.3, 0.4) is 0 Å². The molecule has 0 unspecified atom stereocenters. The standard InChI is InChI=1S/C6H7NO3/c8-4-7-3-6(1-2-6)5(9)10/h1-3H2,(H,9,10). The van der Waals surface area contributed by atoms with Gasteiger partial charge in [-0.15, -0.1) is 0 Å². The Labute approximate surface area is 57.6 Å². The number of carboxylic acid groups (broad SMARTS) is 1. The SMILES string of the molecule is O=C=NCC1(C(=O)O)CC1. The molecule has 0 radical (unpaired) electrons. The molecule has 1 fully saturated rings. The number of rotatable bonds is 3. The number of aliphatic imine (C=N–C) groups is 1. The van der Waals surface area contributed by atoms with Crippen LogP contribution in [0, 0.1) is 5.41 Å². The molecule has 1 N–H and O–H groups in total. The first-order valence-corrected chi connectivity index (χ1v) is 2.98. The molecule has 0 spiro atoms. The number of carbonyl (C=O) groups is 1. The van der Waals surface area contributed by atoms with E-state index >= 15 is 0 Å². The molecular formula is C6H7NO3. The summed E-state index contributed by atoms with van der Waals surface area (Å²) in [6.07, 6.45) is 2.60. The zero-order valence-electron chi connectivity index (χ0n) is 5.33. The maximum absolute atomic E-state index is 10.4. The first-order chi connectivity index (χ1) is 4.71. The Bertz CT molecular complexity index is 201. The quantitative estimate of drug-likeness (QED) is 0.450. The summed E-state index contributed by atoms with van der Waals surface area (Å²) >= 11 is 0. The lowest BCUT2D eigenvalue weighted by Crippen LogP contribution is -2.17. The molecule has 0 aromatic rings. The van der Waals surface area contributed by atoms with Crippen LogP contribution in [-0.4, -0.2) is 23.7 Å². The molecule has 1 saturated carbocycles. The fraction of sp³-hybridized carbons (Fsp3) is 0.667. The predicted octanol–water partition coefficient (Wildman–Crippen LogP) is 0.187. The van der Waals surface area contributed by atoms with Gasteiger partial charge in [-0.25, -0.2) is 9.79 Å². The first kappa shape index (κ1) is 6.96. The highest BCUT2D eigenvalue weighted by Crippen LogP contribution is 2.45. The number of hydrogen-bond acceptors (Lipinski definition) is 3. The highest BCUT2D eigenvalue weighted by molar-refractivity contribution is 5.78. The predicted molar refractivity (Wildman–Crippen MR) is 32.3 cm³/mol. The summed E-state index contributed by atoms with van der Waals surface area (Å²) < 4.78 is 0. The van der Waals surface area contributed by atoms with Gasteiger partial charge < -0.3 is 5.11 Å². The Kier molecular flexibility index (Phi) is 1.55. The Morgan fingerprint density at radius 1 is 1.70 bits per heavy atom. The van der Waals surface area contributed by atoms with E-state index in [9.17, 15) is 9.59 Å². The number of carboxylic acids is 1. The van der Waals surface area contributed by atoms with Gasteiger partial charge in [0.15, 0.2) is 0 Å². The number of aliphatic carboxylic acids is 1. The van der Waals surface area contributed by atoms with Crippen molar-refractivity contribution < 1.29 is 14.7 Å². The minimum absolute atomic E-state index is 0.0891. The van der Waals surface area contributed by atoms with Crippen molar-refractivity contribution in [3.63, 3.8) is 0 Å². The van der Waals surface area contributed by atoms with Gasteiger partial charge in [-0.2, -0.15) is 0 Å². The minimum Gasteiger partial charge on any atom is -0.481 e. The lowest BCUT2D eigenvalue weighted by Gasteiger charge is -2.01. The van der Waals surface area contributed by atoms with Crippen LogP contribution in [0.2, 0.25) is 0 Å². The van der Waals surface area contributed by atoms with Crippen molar-refractivity contribution in [3.8, 4) is 0 Å². The molecule has 0 heterocycles. The van der Waals surface area contributed by atoms with E-state index in [2.05, 4.69) is 4.99 Å². The third-order valence-corrected chi connectivity index (χ3v) is 1.75. The molecule has 0 aromatic heterocycles. The van der Waals surface area contributed by atoms with Gasteiger partial charge in [0.2, 0.25) is 6.08 Å². The van der Waals surface area contributed by atoms with Gasteiger partial charge in [-0.1, -0.05) is 0 Å². The summed E-state index contributed by atoms with van der Waals surface area (Å²) in [4.78, 5) is 23.3. The maximum atomic E-state index is 10.4. The van der Waals surface area contributed by atoms with Crippen molar-refractivity contribution in [3.05, 3.63) is 0 Å². The Hall–Kier alpha value is -1.15. The Morgan fingerprint density at radius 3 is 2.60 bits per heavy atom. The van der Waals surface area contributed by atoms with Crippen LogP contribution in [0.15, 0.2) is 4.99 Å². The van der Waals surface area contributed by atoms with Gasteiger partial charge in [0.05, 0.1) is 12.0 Å². The van der Waals surface area contributed by atoms with E-state index in [4.69, 9.17) is 5.11 Å². The van der Waals surface area contributed by atoms with Gasteiger partial charge in [0.25, 0.3) is 0 Å². The number of carbonyl (C=O) groups excluding carboxylic acids is 1. The van der Waals surface area contributed by atoms with Crippen molar-refractivity contribution in [1.82, 2.24) is 0 Å². The third kappa shape index (κ3) is 1.06. The Balaban J connectivity index is 2.53. The lowest BCUT2D eigenvalue weighted by atomic mass is 10.1. The second-order valence-corrected chi connectivity index (χ2v) is 2.49. The second kappa shape index (κ2) is 2.23. The van der Waals surface area contributed by atoms with Gasteiger partial charge in [-0.05, 0) is 12.8 Å². The van der Waals surface area contributed by atoms with Gasteiger partial charge >= 0.3 is 5.97 Å². The summed E-state index contributed by atoms with van der Waals surface area (Å²) in [5.41, 5.74) is -0.711. The first-order valence-electron chi connectivity index (χ1n) is 2.98. The molecule has 0 amide bonds. The molecule has 0 aromatic carbocycles. The van der Waals surface area contributed by atoms with Crippen molar-refractivity contribution >= 4 is 12.0 Å². The average molecular weight is 141 g/mol. The summed E-state index contributed by atoms with van der Waals surface area (Å²) in [7, 11) is 0. The van der Waals surface area contributed by atoms with Crippen molar-refractivity contribution in [1.29, 1.82) is 0 Å². The minimum atomic E-state index is -0.855. The maximum Gasteiger partial charge on any atom is 0.311 e. The summed E-state index contributed by atoms with van der Waals surface area (Å²) in [6, 6.07) is 0. The van der Waals surface area contributed by atoms with Crippen LogP contribution >= 0.6 is 0 Å². The smallest absolute Gasteiger partial charge is 0.311 e. The van der Waals surface area contributed by atoms with Crippen molar-refractivity contribution in [2.75, 3.05) is 6.54 Å². The van der Waals surface area contributed by atoms with E-state index < -0.39 is 11.4 Å². The fourth-order valence-corrected chi connectivity index (χ4v) is 0.774. The van der Waals surface area contributed by atoms with Crippen LogP contribution in [-0.2, 0) is 9.59 Å². The second-order valence-electron chi connectivity index (χ2n) is 2.49. The highest BCUT2D eigenvalue weighted by atomic mass is 16.4. The summed E-state index contributed by atoms with van der Waals surface area (Å²) in [5.74, 6) is -0.855. The molecular weight excluding hydrogens is 134 g/mol. The van der Waals surface area contributed by atoms with Crippen molar-refractivity contribution in [2.24, 2.45) is 10.4 Å². The molecule has 1 rings (SSSR count). The van der Waals surface area contributed by atoms with E-state index in [1.165, 1.54) is 6.08 Å². The molecule has 1 aliphatic carbocycles. The summed E-state index contributed by atoms with van der Waals surface area (Å²) in [5, 5.41) is 8.54. The highest BCUT2D eigenvalue weighted by Gasteiger charge is 2.50. The van der Waals surface area contributed by atoms with Crippen LogP contribution < -0.4 is 0 Å². The van der Waals surface area contributed by atoms with Gasteiger partial charge in [0, 0.05) is 0 Å². The van der Waals surface area contributed by atoms with E-state index in [1.807, 2.05) is 0 Å². The molecule has 1 aliphatic rings. The van der Waals surface area contributed by atoms with Gasteiger partial charge in [0.1, 0.15) is 0 Å². The number of isocyanates is 1. The van der Waals surface area contributed by atoms with Crippen LogP contribution in [0.1, 0.15) is 12.8 Å². The molecule has 4 heteroatoms. The van der Waals surface area contributed by atoms with E-state index in [-0.39, 0.29) is 6.54 Å². The van der Waals surface area contributed by atoms with Crippen LogP contribution in [0.4, 0.5) is 0 Å². The monoisotopic (exact) mass is 141 g/mol. The van der Waals surface area contributed by atoms with E-state index in [0.717, 1.165) is 0 Å². The molecule has 0 bridgehead atoms. The molecule has 0 atom stereocenters.